The van der Waals surface area contributed by atoms with Crippen LogP contribution in [0.5, 0.6) is 11.5 Å². The third-order valence-electron chi connectivity index (χ3n) is 6.68. The number of ether oxygens (including phenoxy) is 2. The fourth-order valence-corrected chi connectivity index (χ4v) is 4.53. The molecule has 0 bridgehead atoms. The molecule has 6 nitrogen and oxygen atoms in total. The van der Waals surface area contributed by atoms with E-state index < -0.39 is 11.6 Å². The fourth-order valence-electron chi connectivity index (χ4n) is 4.53. The summed E-state index contributed by atoms with van der Waals surface area (Å²) in [7, 11) is 0. The zero-order valence-corrected chi connectivity index (χ0v) is 21.5. The van der Waals surface area contributed by atoms with Crippen LogP contribution < -0.4 is 9.47 Å². The van der Waals surface area contributed by atoms with Crippen molar-refractivity contribution >= 4 is 11.9 Å². The van der Waals surface area contributed by atoms with E-state index in [0.29, 0.717) is 30.6 Å². The molecule has 1 aliphatic rings. The Hall–Kier alpha value is -3.02. The molecule has 1 amide bonds. The molecule has 1 saturated heterocycles. The molecule has 1 N–H and O–H groups in total. The highest BCUT2D eigenvalue weighted by Gasteiger charge is 2.31. The molecule has 6 heteroatoms. The van der Waals surface area contributed by atoms with Crippen LogP contribution in [0, 0.1) is 18.8 Å². The predicted octanol–water partition coefficient (Wildman–Crippen LogP) is 5.86. The number of amides is 1. The molecule has 2 unspecified atom stereocenters. The number of hydrogen-bond acceptors (Lipinski definition) is 4. The molecule has 0 spiro atoms. The van der Waals surface area contributed by atoms with Crippen molar-refractivity contribution in [3.63, 3.8) is 0 Å². The number of carbonyl (C=O) groups is 2. The van der Waals surface area contributed by atoms with Crippen LogP contribution in [0.3, 0.4) is 0 Å². The zero-order valence-electron chi connectivity index (χ0n) is 21.5. The average molecular weight is 482 g/mol. The monoisotopic (exact) mass is 481 g/mol. The number of rotatable bonds is 11. The summed E-state index contributed by atoms with van der Waals surface area (Å²) in [5.41, 5.74) is 1.06. The third-order valence-corrected chi connectivity index (χ3v) is 6.68. The minimum Gasteiger partial charge on any atom is -0.493 e. The molecular formula is C29H39NO5. The van der Waals surface area contributed by atoms with E-state index in [1.54, 1.807) is 18.2 Å². The Bertz CT molecular complexity index is 985. The second-order valence-electron chi connectivity index (χ2n) is 10.2. The van der Waals surface area contributed by atoms with Gasteiger partial charge in [-0.2, -0.15) is 0 Å². The van der Waals surface area contributed by atoms with Crippen LogP contribution in [0.4, 0.5) is 0 Å². The highest BCUT2D eigenvalue weighted by Crippen LogP contribution is 2.29. The minimum absolute atomic E-state index is 0.0998. The Kier molecular flexibility index (Phi) is 9.19. The second kappa shape index (κ2) is 12.1. The normalized spacial score (nSPS) is 18.7. The van der Waals surface area contributed by atoms with E-state index in [-0.39, 0.29) is 11.8 Å². The van der Waals surface area contributed by atoms with Crippen molar-refractivity contribution in [2.75, 3.05) is 13.2 Å². The largest absolute Gasteiger partial charge is 0.493 e. The molecule has 1 heterocycles. The van der Waals surface area contributed by atoms with Crippen molar-refractivity contribution in [2.24, 2.45) is 11.8 Å². The molecule has 2 atom stereocenters. The van der Waals surface area contributed by atoms with E-state index in [0.717, 1.165) is 44.2 Å². The van der Waals surface area contributed by atoms with E-state index >= 15 is 0 Å². The third kappa shape index (κ3) is 7.74. The first-order chi connectivity index (χ1) is 16.7. The van der Waals surface area contributed by atoms with Crippen LogP contribution in [-0.4, -0.2) is 40.6 Å². The van der Waals surface area contributed by atoms with Crippen LogP contribution in [0.25, 0.3) is 0 Å². The number of hydrogen-bond donors (Lipinski definition) is 1. The van der Waals surface area contributed by atoms with Crippen LogP contribution in [0.15, 0.2) is 48.5 Å². The summed E-state index contributed by atoms with van der Waals surface area (Å²) in [4.78, 5) is 26.7. The lowest BCUT2D eigenvalue weighted by Crippen LogP contribution is -2.37. The molecule has 2 aromatic rings. The first-order valence-electron chi connectivity index (χ1n) is 12.7. The number of likely N-dealkylation sites (tertiary alicyclic amines) is 1. The van der Waals surface area contributed by atoms with Gasteiger partial charge in [-0.3, -0.25) is 4.79 Å². The van der Waals surface area contributed by atoms with E-state index in [4.69, 9.17) is 9.47 Å². The molecule has 2 aromatic carbocycles. The van der Waals surface area contributed by atoms with Crippen molar-refractivity contribution in [3.8, 4) is 11.5 Å². The van der Waals surface area contributed by atoms with Gasteiger partial charge in [0.05, 0.1) is 6.61 Å². The number of carbonyl (C=O) groups excluding carboxylic acids is 1. The summed E-state index contributed by atoms with van der Waals surface area (Å²) in [6.45, 7) is 9.17. The Morgan fingerprint density at radius 1 is 1.09 bits per heavy atom. The molecule has 0 saturated carbocycles. The van der Waals surface area contributed by atoms with Gasteiger partial charge < -0.3 is 19.5 Å². The number of nitrogens with zero attached hydrogens (tertiary/aromatic N) is 1. The van der Waals surface area contributed by atoms with Gasteiger partial charge in [0.25, 0.3) is 0 Å². The molecule has 0 aliphatic carbocycles. The van der Waals surface area contributed by atoms with Gasteiger partial charge in [-0.05, 0) is 70.1 Å². The minimum atomic E-state index is -1.32. The Morgan fingerprint density at radius 2 is 1.80 bits per heavy atom. The van der Waals surface area contributed by atoms with Crippen LogP contribution in [0.1, 0.15) is 64.0 Å². The van der Waals surface area contributed by atoms with E-state index in [2.05, 4.69) is 38.1 Å². The second-order valence-corrected chi connectivity index (χ2v) is 10.2. The molecule has 35 heavy (non-hydrogen) atoms. The fraction of sp³-hybridized carbons (Fsp3) is 0.517. The number of carboxylic acid groups (broad SMARTS) is 1. The number of aryl methyl sites for hydroxylation is 1. The molecular weight excluding hydrogens is 442 g/mol. The average Bonchev–Trinajstić information content (AvgIpc) is 2.95. The van der Waals surface area contributed by atoms with Crippen molar-refractivity contribution in [1.82, 2.24) is 4.90 Å². The van der Waals surface area contributed by atoms with Crippen LogP contribution in [0.2, 0.25) is 0 Å². The molecule has 1 aliphatic heterocycles. The van der Waals surface area contributed by atoms with Gasteiger partial charge in [0, 0.05) is 25.1 Å². The quantitative estimate of drug-likeness (QED) is 0.435. The van der Waals surface area contributed by atoms with Gasteiger partial charge in [-0.25, -0.2) is 4.79 Å². The molecule has 0 aromatic heterocycles. The van der Waals surface area contributed by atoms with Crippen LogP contribution in [-0.2, 0) is 16.1 Å². The Morgan fingerprint density at radius 3 is 2.49 bits per heavy atom. The first-order valence-corrected chi connectivity index (χ1v) is 12.7. The van der Waals surface area contributed by atoms with Crippen molar-refractivity contribution in [2.45, 2.75) is 71.9 Å². The first kappa shape index (κ1) is 26.6. The van der Waals surface area contributed by atoms with Gasteiger partial charge in [-0.1, -0.05) is 49.2 Å². The van der Waals surface area contributed by atoms with Gasteiger partial charge >= 0.3 is 5.97 Å². The highest BCUT2D eigenvalue weighted by molar-refractivity contribution is 5.79. The maximum absolute atomic E-state index is 13.3. The van der Waals surface area contributed by atoms with E-state index in [1.165, 1.54) is 19.4 Å². The van der Waals surface area contributed by atoms with Crippen molar-refractivity contribution in [1.29, 1.82) is 0 Å². The smallest absolute Gasteiger partial charge is 0.347 e. The maximum atomic E-state index is 13.3. The summed E-state index contributed by atoms with van der Waals surface area (Å²) in [5.74, 6) is 0.833. The Balaban J connectivity index is 1.61. The lowest BCUT2D eigenvalue weighted by atomic mass is 9.93. The molecule has 190 valence electrons. The lowest BCUT2D eigenvalue weighted by Gasteiger charge is -2.26. The lowest BCUT2D eigenvalue weighted by molar-refractivity contribution is -0.152. The molecule has 3 rings (SSSR count). The van der Waals surface area contributed by atoms with E-state index in [9.17, 15) is 14.7 Å². The van der Waals surface area contributed by atoms with Crippen LogP contribution >= 0.6 is 0 Å². The number of carboxylic acids is 1. The van der Waals surface area contributed by atoms with Crippen molar-refractivity contribution < 1.29 is 24.2 Å². The van der Waals surface area contributed by atoms with Crippen molar-refractivity contribution in [3.05, 3.63) is 59.7 Å². The van der Waals surface area contributed by atoms with Gasteiger partial charge in [0.1, 0.15) is 11.5 Å². The maximum Gasteiger partial charge on any atom is 0.347 e. The van der Waals surface area contributed by atoms with E-state index in [1.807, 2.05) is 11.0 Å². The topological polar surface area (TPSA) is 76.1 Å². The van der Waals surface area contributed by atoms with Gasteiger partial charge in [-0.15, -0.1) is 0 Å². The summed E-state index contributed by atoms with van der Waals surface area (Å²) in [6.07, 6.45) is 4.74. The number of aliphatic carboxylic acids is 1. The Labute approximate surface area is 209 Å². The molecule has 1 fully saturated rings. The highest BCUT2D eigenvalue weighted by atomic mass is 16.5. The van der Waals surface area contributed by atoms with Gasteiger partial charge in [0.15, 0.2) is 5.60 Å². The zero-order chi connectivity index (χ0) is 25.4. The SMILES string of the molecule is CCCC1CCC(CCOc2cccc(OC(C)(C)C(=O)O)c2)CN(Cc2ccc(C)cc2)C1=O. The number of benzene rings is 2. The molecule has 0 radical (unpaired) electrons. The predicted molar refractivity (Wildman–Crippen MR) is 137 cm³/mol. The summed E-state index contributed by atoms with van der Waals surface area (Å²) < 4.78 is 11.6. The summed E-state index contributed by atoms with van der Waals surface area (Å²) >= 11 is 0. The standard InChI is InChI=1S/C29H39NO5/c1-5-7-24-15-14-23(20-30(27(24)31)19-22-12-10-21(2)11-13-22)16-17-34-25-8-6-9-26(18-25)35-29(3,4)28(32)33/h6,8-13,18,23-24H,5,7,14-17,19-20H2,1-4H3,(H,32,33). The summed E-state index contributed by atoms with van der Waals surface area (Å²) in [5, 5.41) is 9.29. The van der Waals surface area contributed by atoms with Gasteiger partial charge in [0.2, 0.25) is 5.91 Å². The summed E-state index contributed by atoms with van der Waals surface area (Å²) in [6, 6.07) is 15.5.